The molecule has 19 heavy (non-hydrogen) atoms. The van der Waals surface area contributed by atoms with E-state index in [4.69, 9.17) is 0 Å². The number of carbonyl (C=O) groups excluding carboxylic acids is 1. The highest BCUT2D eigenvalue weighted by molar-refractivity contribution is 9.10. The standard InChI is InChI=1S/C15H15BrN2O/c16-13-3-1-12-7-14(4-2-11(12)6-13)18-15(19)5-10-8-17-9-10/h1-4,6-7,10,17H,5,8-9H2,(H,18,19). The zero-order chi connectivity index (χ0) is 13.2. The van der Waals surface area contributed by atoms with E-state index in [0.29, 0.717) is 12.3 Å². The fraction of sp³-hybridized carbons (Fsp3) is 0.267. The first-order valence-corrected chi connectivity index (χ1v) is 7.20. The number of halogens is 1. The third-order valence-electron chi connectivity index (χ3n) is 3.43. The van der Waals surface area contributed by atoms with Crippen LogP contribution < -0.4 is 10.6 Å². The summed E-state index contributed by atoms with van der Waals surface area (Å²) in [6, 6.07) is 12.1. The fourth-order valence-corrected chi connectivity index (χ4v) is 2.64. The highest BCUT2D eigenvalue weighted by atomic mass is 79.9. The van der Waals surface area contributed by atoms with E-state index in [1.165, 1.54) is 0 Å². The van der Waals surface area contributed by atoms with Crippen molar-refractivity contribution in [2.75, 3.05) is 18.4 Å². The van der Waals surface area contributed by atoms with Gasteiger partial charge in [0.1, 0.15) is 0 Å². The Morgan fingerprint density at radius 3 is 2.68 bits per heavy atom. The number of carbonyl (C=O) groups is 1. The quantitative estimate of drug-likeness (QED) is 0.912. The van der Waals surface area contributed by atoms with Crippen LogP contribution in [0.15, 0.2) is 40.9 Å². The molecule has 3 rings (SSSR count). The van der Waals surface area contributed by atoms with Crippen molar-refractivity contribution >= 4 is 38.3 Å². The Bertz CT molecular complexity index is 623. The summed E-state index contributed by atoms with van der Waals surface area (Å²) >= 11 is 3.46. The van der Waals surface area contributed by atoms with Gasteiger partial charge in [0.05, 0.1) is 0 Å². The van der Waals surface area contributed by atoms with Crippen LogP contribution in [0.5, 0.6) is 0 Å². The Morgan fingerprint density at radius 1 is 1.21 bits per heavy atom. The molecule has 1 aliphatic rings. The molecule has 0 radical (unpaired) electrons. The van der Waals surface area contributed by atoms with Crippen LogP contribution in [0.2, 0.25) is 0 Å². The van der Waals surface area contributed by atoms with E-state index in [9.17, 15) is 4.79 Å². The zero-order valence-electron chi connectivity index (χ0n) is 10.4. The number of hydrogen-bond acceptors (Lipinski definition) is 2. The molecule has 0 saturated carbocycles. The van der Waals surface area contributed by atoms with E-state index in [-0.39, 0.29) is 5.91 Å². The number of benzene rings is 2. The second kappa shape index (κ2) is 5.31. The fourth-order valence-electron chi connectivity index (χ4n) is 2.26. The first kappa shape index (κ1) is 12.6. The van der Waals surface area contributed by atoms with Gasteiger partial charge in [-0.15, -0.1) is 0 Å². The summed E-state index contributed by atoms with van der Waals surface area (Å²) in [7, 11) is 0. The van der Waals surface area contributed by atoms with Gasteiger partial charge in [-0.25, -0.2) is 0 Å². The van der Waals surface area contributed by atoms with E-state index < -0.39 is 0 Å². The average Bonchev–Trinajstić information content (AvgIpc) is 2.34. The number of hydrogen-bond donors (Lipinski definition) is 2. The van der Waals surface area contributed by atoms with Gasteiger partial charge >= 0.3 is 0 Å². The van der Waals surface area contributed by atoms with Crippen LogP contribution in [0, 0.1) is 5.92 Å². The van der Waals surface area contributed by atoms with Crippen LogP contribution in [0.25, 0.3) is 10.8 Å². The minimum absolute atomic E-state index is 0.1000. The van der Waals surface area contributed by atoms with Crippen molar-refractivity contribution in [1.82, 2.24) is 5.32 Å². The van der Waals surface area contributed by atoms with Crippen LogP contribution in [-0.4, -0.2) is 19.0 Å². The van der Waals surface area contributed by atoms with Gasteiger partial charge in [-0.3, -0.25) is 4.79 Å². The second-order valence-corrected chi connectivity index (χ2v) is 5.90. The third-order valence-corrected chi connectivity index (χ3v) is 3.92. The van der Waals surface area contributed by atoms with Crippen LogP contribution in [0.4, 0.5) is 5.69 Å². The van der Waals surface area contributed by atoms with Gasteiger partial charge in [-0.2, -0.15) is 0 Å². The minimum Gasteiger partial charge on any atom is -0.326 e. The zero-order valence-corrected chi connectivity index (χ0v) is 12.0. The van der Waals surface area contributed by atoms with Crippen LogP contribution in [0.1, 0.15) is 6.42 Å². The molecule has 2 aromatic carbocycles. The molecule has 0 aromatic heterocycles. The number of fused-ring (bicyclic) bond motifs is 1. The molecular formula is C15H15BrN2O. The number of rotatable bonds is 3. The third kappa shape index (κ3) is 2.96. The molecule has 98 valence electrons. The summed E-state index contributed by atoms with van der Waals surface area (Å²) in [5.41, 5.74) is 0.868. The number of nitrogens with one attached hydrogen (secondary N) is 2. The maximum atomic E-state index is 11.9. The number of amides is 1. The highest BCUT2D eigenvalue weighted by Gasteiger charge is 2.19. The molecule has 1 fully saturated rings. The van der Waals surface area contributed by atoms with Crippen molar-refractivity contribution in [3.8, 4) is 0 Å². The van der Waals surface area contributed by atoms with Gasteiger partial charge in [0, 0.05) is 16.6 Å². The van der Waals surface area contributed by atoms with E-state index in [1.807, 2.05) is 30.3 Å². The van der Waals surface area contributed by atoms with E-state index in [1.54, 1.807) is 0 Å². The summed E-state index contributed by atoms with van der Waals surface area (Å²) in [4.78, 5) is 11.9. The molecule has 0 unspecified atom stereocenters. The Balaban J connectivity index is 1.73. The van der Waals surface area contributed by atoms with Gasteiger partial charge in [0.25, 0.3) is 0 Å². The normalized spacial score (nSPS) is 15.2. The largest absolute Gasteiger partial charge is 0.326 e. The van der Waals surface area contributed by atoms with E-state index in [0.717, 1.165) is 34.0 Å². The lowest BCUT2D eigenvalue weighted by Gasteiger charge is -2.26. The van der Waals surface area contributed by atoms with Crippen molar-refractivity contribution in [2.45, 2.75) is 6.42 Å². The molecule has 1 heterocycles. The van der Waals surface area contributed by atoms with Crippen molar-refractivity contribution in [1.29, 1.82) is 0 Å². The minimum atomic E-state index is 0.1000. The smallest absolute Gasteiger partial charge is 0.224 e. The van der Waals surface area contributed by atoms with Crippen molar-refractivity contribution < 1.29 is 4.79 Å². The molecule has 3 nitrogen and oxygen atoms in total. The van der Waals surface area contributed by atoms with Crippen molar-refractivity contribution in [3.63, 3.8) is 0 Å². The molecule has 0 spiro atoms. The molecule has 2 N–H and O–H groups in total. The van der Waals surface area contributed by atoms with Gasteiger partial charge in [-0.1, -0.05) is 28.1 Å². The van der Waals surface area contributed by atoms with Gasteiger partial charge in [-0.05, 0) is 54.0 Å². The second-order valence-electron chi connectivity index (χ2n) is 4.98. The van der Waals surface area contributed by atoms with E-state index >= 15 is 0 Å². The lowest BCUT2D eigenvalue weighted by Crippen LogP contribution is -2.43. The molecule has 4 heteroatoms. The maximum Gasteiger partial charge on any atom is 0.224 e. The van der Waals surface area contributed by atoms with Crippen LogP contribution >= 0.6 is 15.9 Å². The van der Waals surface area contributed by atoms with Crippen LogP contribution in [-0.2, 0) is 4.79 Å². The summed E-state index contributed by atoms with van der Waals surface area (Å²) in [6.45, 7) is 1.92. The summed E-state index contributed by atoms with van der Waals surface area (Å²) in [5.74, 6) is 0.597. The van der Waals surface area contributed by atoms with Gasteiger partial charge < -0.3 is 10.6 Å². The van der Waals surface area contributed by atoms with Crippen molar-refractivity contribution in [3.05, 3.63) is 40.9 Å². The lowest BCUT2D eigenvalue weighted by molar-refractivity contribution is -0.117. The molecule has 1 amide bonds. The molecular weight excluding hydrogens is 304 g/mol. The Labute approximate surface area is 120 Å². The molecule has 1 aliphatic heterocycles. The molecule has 2 aromatic rings. The van der Waals surface area contributed by atoms with Crippen molar-refractivity contribution in [2.24, 2.45) is 5.92 Å². The molecule has 1 saturated heterocycles. The molecule has 0 bridgehead atoms. The van der Waals surface area contributed by atoms with Crippen LogP contribution in [0.3, 0.4) is 0 Å². The topological polar surface area (TPSA) is 41.1 Å². The molecule has 0 atom stereocenters. The highest BCUT2D eigenvalue weighted by Crippen LogP contribution is 2.23. The monoisotopic (exact) mass is 318 g/mol. The first-order valence-electron chi connectivity index (χ1n) is 6.40. The lowest BCUT2D eigenvalue weighted by atomic mass is 9.99. The Kier molecular flexibility index (Phi) is 3.53. The molecule has 0 aliphatic carbocycles. The predicted octanol–water partition coefficient (Wildman–Crippen LogP) is 3.15. The summed E-state index contributed by atoms with van der Waals surface area (Å²) in [6.07, 6.45) is 0.603. The van der Waals surface area contributed by atoms with Gasteiger partial charge in [0.2, 0.25) is 5.91 Å². The Morgan fingerprint density at radius 2 is 1.95 bits per heavy atom. The SMILES string of the molecule is O=C(CC1CNC1)Nc1ccc2cc(Br)ccc2c1. The summed E-state index contributed by atoms with van der Waals surface area (Å²) < 4.78 is 1.06. The Hall–Kier alpha value is -1.39. The maximum absolute atomic E-state index is 11.9. The predicted molar refractivity (Wildman–Crippen MR) is 81.3 cm³/mol. The summed E-state index contributed by atoms with van der Waals surface area (Å²) in [5, 5.41) is 8.44. The van der Waals surface area contributed by atoms with Gasteiger partial charge in [0.15, 0.2) is 0 Å². The van der Waals surface area contributed by atoms with E-state index in [2.05, 4.69) is 32.6 Å². The number of anilines is 1. The average molecular weight is 319 g/mol. The first-order chi connectivity index (χ1) is 9.20.